The maximum absolute atomic E-state index is 13.4. The van der Waals surface area contributed by atoms with Gasteiger partial charge in [-0.25, -0.2) is 14.2 Å². The first kappa shape index (κ1) is 20.7. The summed E-state index contributed by atoms with van der Waals surface area (Å²) in [6, 6.07) is 5.13. The van der Waals surface area contributed by atoms with Crippen LogP contribution in [0.3, 0.4) is 0 Å². The van der Waals surface area contributed by atoms with E-state index in [1.165, 1.54) is 23.8 Å². The average molecular weight is 413 g/mol. The zero-order valence-electron chi connectivity index (χ0n) is 17.8. The summed E-state index contributed by atoms with van der Waals surface area (Å²) in [5.74, 6) is -0.0697. The Morgan fingerprint density at radius 3 is 2.40 bits per heavy atom. The molecule has 2 aliphatic carbocycles. The smallest absolute Gasteiger partial charge is 0.337 e. The van der Waals surface area contributed by atoms with E-state index < -0.39 is 17.5 Å². The number of carbonyl (C=O) groups is 2. The van der Waals surface area contributed by atoms with Crippen LogP contribution in [0.5, 0.6) is 0 Å². The lowest BCUT2D eigenvalue weighted by Gasteiger charge is -2.34. The van der Waals surface area contributed by atoms with Crippen molar-refractivity contribution in [3.63, 3.8) is 0 Å². The Morgan fingerprint density at radius 1 is 1.07 bits per heavy atom. The molecule has 30 heavy (non-hydrogen) atoms. The van der Waals surface area contributed by atoms with Gasteiger partial charge in [-0.2, -0.15) is 0 Å². The zero-order chi connectivity index (χ0) is 21.3. The van der Waals surface area contributed by atoms with Crippen LogP contribution in [0.25, 0.3) is 11.0 Å². The number of fused-ring (bicyclic) bond motifs is 1. The van der Waals surface area contributed by atoms with Crippen LogP contribution < -0.4 is 16.7 Å². The van der Waals surface area contributed by atoms with Crippen LogP contribution in [0.15, 0.2) is 23.0 Å². The highest BCUT2D eigenvalue weighted by Gasteiger charge is 2.40. The van der Waals surface area contributed by atoms with Gasteiger partial charge >= 0.3 is 11.7 Å². The molecule has 0 unspecified atom stereocenters. The highest BCUT2D eigenvalue weighted by atomic mass is 16.2. The van der Waals surface area contributed by atoms with Gasteiger partial charge in [0, 0.05) is 6.54 Å². The Morgan fingerprint density at radius 2 is 1.73 bits per heavy atom. The van der Waals surface area contributed by atoms with Crippen molar-refractivity contribution in [1.82, 2.24) is 14.5 Å². The van der Waals surface area contributed by atoms with E-state index >= 15 is 0 Å². The molecular formula is C23H32N4O3. The first-order chi connectivity index (χ1) is 14.4. The third kappa shape index (κ3) is 3.77. The molecule has 0 spiro atoms. The van der Waals surface area contributed by atoms with E-state index in [1.807, 2.05) is 25.1 Å². The predicted octanol–water partition coefficient (Wildman–Crippen LogP) is 3.44. The third-order valence-electron chi connectivity index (χ3n) is 6.98. The predicted molar refractivity (Wildman–Crippen MR) is 116 cm³/mol. The Labute approximate surface area is 176 Å². The van der Waals surface area contributed by atoms with Crippen LogP contribution in [-0.4, -0.2) is 26.6 Å². The van der Waals surface area contributed by atoms with Crippen molar-refractivity contribution in [2.75, 3.05) is 0 Å². The van der Waals surface area contributed by atoms with Crippen molar-refractivity contribution < 1.29 is 9.59 Å². The number of imidazole rings is 1. The number of nitrogens with one attached hydrogen (secondary N) is 1. The zero-order valence-corrected chi connectivity index (χ0v) is 17.8. The van der Waals surface area contributed by atoms with Crippen LogP contribution in [0.1, 0.15) is 69.8 Å². The number of primary amides is 1. The summed E-state index contributed by atoms with van der Waals surface area (Å²) in [5.41, 5.74) is 6.66. The van der Waals surface area contributed by atoms with Gasteiger partial charge in [-0.15, -0.1) is 0 Å². The first-order valence-corrected chi connectivity index (χ1v) is 11.3. The number of benzene rings is 1. The van der Waals surface area contributed by atoms with E-state index in [1.54, 1.807) is 4.57 Å². The van der Waals surface area contributed by atoms with Gasteiger partial charge in [0.1, 0.15) is 5.54 Å². The highest BCUT2D eigenvalue weighted by Crippen LogP contribution is 2.29. The molecule has 0 radical (unpaired) electrons. The minimum atomic E-state index is -1.07. The molecule has 1 aromatic carbocycles. The van der Waals surface area contributed by atoms with Gasteiger partial charge in [-0.05, 0) is 56.2 Å². The molecule has 2 aliphatic rings. The maximum atomic E-state index is 13.4. The van der Waals surface area contributed by atoms with Crippen LogP contribution in [0, 0.1) is 12.8 Å². The second-order valence-corrected chi connectivity index (χ2v) is 9.16. The number of aryl methyl sites for hydroxylation is 1. The average Bonchev–Trinajstić information content (AvgIpc) is 3.00. The molecule has 2 fully saturated rings. The van der Waals surface area contributed by atoms with Crippen molar-refractivity contribution in [2.24, 2.45) is 11.7 Å². The largest absolute Gasteiger partial charge is 0.368 e. The number of rotatable bonds is 4. The van der Waals surface area contributed by atoms with Crippen molar-refractivity contribution in [1.29, 1.82) is 0 Å². The molecule has 7 nitrogen and oxygen atoms in total. The van der Waals surface area contributed by atoms with Gasteiger partial charge in [0.25, 0.3) is 0 Å². The Bertz CT molecular complexity index is 1010. The van der Waals surface area contributed by atoms with E-state index in [0.29, 0.717) is 30.8 Å². The first-order valence-electron chi connectivity index (χ1n) is 11.3. The van der Waals surface area contributed by atoms with Crippen molar-refractivity contribution in [3.8, 4) is 0 Å². The van der Waals surface area contributed by atoms with Crippen molar-refractivity contribution in [2.45, 2.75) is 83.2 Å². The standard InChI is InChI=1S/C23H32N4O3/c1-16-10-11-18-19(14-16)26(15-17-8-4-2-5-9-17)22(30)27(18)21(29)25-23(20(24)28)12-6-3-7-13-23/h10-11,14,17H,2-9,12-13,15H2,1H3,(H2,24,28)(H,25,29). The van der Waals surface area contributed by atoms with Gasteiger partial charge in [-0.3, -0.25) is 9.36 Å². The minimum absolute atomic E-state index is 0.339. The Hall–Kier alpha value is -2.57. The van der Waals surface area contributed by atoms with Crippen molar-refractivity contribution >= 4 is 23.0 Å². The number of nitrogens with two attached hydrogens (primary N) is 1. The summed E-state index contributed by atoms with van der Waals surface area (Å²) in [6.45, 7) is 2.61. The highest BCUT2D eigenvalue weighted by molar-refractivity contribution is 5.94. The van der Waals surface area contributed by atoms with Gasteiger partial charge in [0.2, 0.25) is 5.91 Å². The molecule has 4 rings (SSSR count). The van der Waals surface area contributed by atoms with E-state index in [0.717, 1.165) is 43.2 Å². The van der Waals surface area contributed by atoms with Crippen LogP contribution in [-0.2, 0) is 11.3 Å². The third-order valence-corrected chi connectivity index (χ3v) is 6.98. The number of hydrogen-bond acceptors (Lipinski definition) is 3. The summed E-state index contributed by atoms with van der Waals surface area (Å²) < 4.78 is 2.94. The molecule has 0 aliphatic heterocycles. The second kappa shape index (κ2) is 8.28. The van der Waals surface area contributed by atoms with Crippen molar-refractivity contribution in [3.05, 3.63) is 34.2 Å². The molecule has 0 atom stereocenters. The molecule has 3 N–H and O–H groups in total. The molecule has 0 saturated heterocycles. The second-order valence-electron chi connectivity index (χ2n) is 9.16. The monoisotopic (exact) mass is 412 g/mol. The molecule has 2 amide bonds. The molecule has 7 heteroatoms. The number of nitrogens with zero attached hydrogens (tertiary/aromatic N) is 2. The SMILES string of the molecule is Cc1ccc2c(c1)n(CC1CCCCC1)c(=O)n2C(=O)NC1(C(N)=O)CCCCC1. The maximum Gasteiger partial charge on any atom is 0.337 e. The molecule has 0 bridgehead atoms. The van der Waals surface area contributed by atoms with Crippen LogP contribution in [0.4, 0.5) is 4.79 Å². The Balaban J connectivity index is 1.73. The van der Waals surface area contributed by atoms with E-state index in [9.17, 15) is 14.4 Å². The summed E-state index contributed by atoms with van der Waals surface area (Å²) in [5, 5.41) is 2.85. The summed E-state index contributed by atoms with van der Waals surface area (Å²) in [6.07, 6.45) is 9.59. The van der Waals surface area contributed by atoms with E-state index in [-0.39, 0.29) is 5.69 Å². The molecule has 162 valence electrons. The van der Waals surface area contributed by atoms with Gasteiger partial charge in [-0.1, -0.05) is 44.6 Å². The lowest BCUT2D eigenvalue weighted by Crippen LogP contribution is -2.60. The molecule has 1 heterocycles. The molecular weight excluding hydrogens is 380 g/mol. The minimum Gasteiger partial charge on any atom is -0.368 e. The Kier molecular flexibility index (Phi) is 5.71. The lowest BCUT2D eigenvalue weighted by molar-refractivity contribution is -0.125. The topological polar surface area (TPSA) is 99.1 Å². The number of hydrogen-bond donors (Lipinski definition) is 2. The lowest BCUT2D eigenvalue weighted by atomic mass is 9.81. The van der Waals surface area contributed by atoms with Gasteiger partial charge in [0.05, 0.1) is 11.0 Å². The quantitative estimate of drug-likeness (QED) is 0.805. The number of carbonyl (C=O) groups excluding carboxylic acids is 2. The number of aromatic nitrogens is 2. The fourth-order valence-corrected chi connectivity index (χ4v) is 5.22. The summed E-state index contributed by atoms with van der Waals surface area (Å²) in [7, 11) is 0. The molecule has 2 aromatic rings. The van der Waals surface area contributed by atoms with Gasteiger partial charge < -0.3 is 11.1 Å². The fraction of sp³-hybridized carbons (Fsp3) is 0.609. The van der Waals surface area contributed by atoms with Crippen LogP contribution in [0.2, 0.25) is 0 Å². The van der Waals surface area contributed by atoms with E-state index in [2.05, 4.69) is 5.32 Å². The normalized spacial score (nSPS) is 19.6. The number of amides is 2. The molecule has 1 aromatic heterocycles. The summed E-state index contributed by atoms with van der Waals surface area (Å²) in [4.78, 5) is 38.9. The van der Waals surface area contributed by atoms with Gasteiger partial charge in [0.15, 0.2) is 0 Å². The fourth-order valence-electron chi connectivity index (χ4n) is 5.22. The van der Waals surface area contributed by atoms with E-state index in [4.69, 9.17) is 5.73 Å². The van der Waals surface area contributed by atoms with Crippen LogP contribution >= 0.6 is 0 Å². The molecule has 2 saturated carbocycles. The summed E-state index contributed by atoms with van der Waals surface area (Å²) >= 11 is 0.